The molecule has 0 bridgehead atoms. The van der Waals surface area contributed by atoms with E-state index in [4.69, 9.17) is 11.5 Å². The van der Waals surface area contributed by atoms with Crippen molar-refractivity contribution in [1.29, 1.82) is 0 Å². The summed E-state index contributed by atoms with van der Waals surface area (Å²) in [6.45, 7) is 0.616. The number of nitrogen functional groups attached to an aromatic ring is 2. The highest BCUT2D eigenvalue weighted by atomic mass is 79.9. The van der Waals surface area contributed by atoms with Crippen molar-refractivity contribution in [2.45, 2.75) is 63.5 Å². The molecule has 5 N–H and O–H groups in total. The summed E-state index contributed by atoms with van der Waals surface area (Å²) in [6, 6.07) is 5.63. The van der Waals surface area contributed by atoms with Crippen LogP contribution in [0.5, 0.6) is 0 Å². The number of carbonyl (C=O) groups excluding carboxylic acids is 2. The van der Waals surface area contributed by atoms with Gasteiger partial charge in [-0.05, 0) is 111 Å². The van der Waals surface area contributed by atoms with Crippen molar-refractivity contribution in [1.82, 2.24) is 39.4 Å². The Hall–Kier alpha value is -3.83. The number of H-pyrrole nitrogens is 1. The first-order valence-electron chi connectivity index (χ1n) is 16.4. The summed E-state index contributed by atoms with van der Waals surface area (Å²) in [5.41, 5.74) is 14.6. The molecule has 4 aliphatic rings. The van der Waals surface area contributed by atoms with Crippen LogP contribution in [0.3, 0.4) is 0 Å². The fourth-order valence-corrected chi connectivity index (χ4v) is 6.34. The summed E-state index contributed by atoms with van der Waals surface area (Å²) in [4.78, 5) is 48.2. The predicted molar refractivity (Wildman–Crippen MR) is 200 cm³/mol. The van der Waals surface area contributed by atoms with Gasteiger partial charge in [0.2, 0.25) is 5.91 Å². The third kappa shape index (κ3) is 10.2. The number of hydrogen-bond donors (Lipinski definition) is 3. The van der Waals surface area contributed by atoms with Crippen molar-refractivity contribution in [3.63, 3.8) is 0 Å². The molecule has 17 heteroatoms. The number of likely N-dealkylation sites (tertiary alicyclic amines) is 1. The van der Waals surface area contributed by atoms with Crippen LogP contribution >= 0.6 is 47.8 Å². The Morgan fingerprint density at radius 2 is 1.55 bits per heavy atom. The summed E-state index contributed by atoms with van der Waals surface area (Å²) in [5.74, 6) is 3.37. The molecular formula is C34H35Br3F2N10O2. The Morgan fingerprint density at radius 3 is 2.16 bits per heavy atom. The number of aldehydes is 1. The molecule has 3 saturated carbocycles. The number of nitrogens with one attached hydrogen (secondary N) is 1. The first-order chi connectivity index (χ1) is 24.5. The molecule has 1 atom stereocenters. The zero-order valence-electron chi connectivity index (χ0n) is 27.3. The number of rotatable bonds is 6. The van der Waals surface area contributed by atoms with E-state index in [9.17, 15) is 18.4 Å². The lowest BCUT2D eigenvalue weighted by Gasteiger charge is -2.18. The number of halogens is 5. The molecule has 51 heavy (non-hydrogen) atoms. The van der Waals surface area contributed by atoms with Crippen molar-refractivity contribution in [2.24, 2.45) is 11.8 Å². The van der Waals surface area contributed by atoms with Gasteiger partial charge in [-0.1, -0.05) is 0 Å². The van der Waals surface area contributed by atoms with Crippen LogP contribution in [0.2, 0.25) is 0 Å². The third-order valence-electron chi connectivity index (χ3n) is 8.46. The number of anilines is 2. The largest absolute Gasteiger partial charge is 0.396 e. The standard InChI is InChI=1S/C16H15BrF2N4O.C9H8BrN3.C5H6BrN3.C4H6O/c17-11-5-12-16(20-6-11)23(15(21-12)10-1-2-10)8-22-7-9(3-13(18)19)4-14(22)24;10-6-3-7-9(11-4-6)13-8(12-7)5-1-2-5;6-3-1-4(7)5(8)9-2-3;5-3-4-1-2-4/h3,5-6,9-10H,1-2,4,7-8H2;3-5H,1-2H2,(H,11,12,13);1-2H,7H2,(H2,8,9);3-4H,1-2H2. The summed E-state index contributed by atoms with van der Waals surface area (Å²) >= 11 is 9.98. The van der Waals surface area contributed by atoms with E-state index in [0.29, 0.717) is 42.5 Å². The maximum atomic E-state index is 12.4. The van der Waals surface area contributed by atoms with Crippen molar-refractivity contribution >= 4 is 93.8 Å². The topological polar surface area (TPSA) is 175 Å². The number of imidazole rings is 2. The number of nitrogens with two attached hydrogens (primary N) is 2. The number of aromatic nitrogens is 7. The molecule has 6 heterocycles. The number of hydrogen-bond acceptors (Lipinski definition) is 9. The zero-order valence-corrected chi connectivity index (χ0v) is 32.0. The Bertz CT molecular complexity index is 2070. The van der Waals surface area contributed by atoms with Gasteiger partial charge >= 0.3 is 0 Å². The molecule has 4 fully saturated rings. The van der Waals surface area contributed by atoms with Gasteiger partial charge < -0.3 is 26.1 Å². The molecule has 1 amide bonds. The SMILES string of the molecule is Brc1cnc2nc(C3CC3)[nH]c2c1.Nc1cc(Br)cnc1N.O=C1CC(C=C(F)F)CN1Cn1c(C2CC2)nc2cc(Br)cnc21.O=CC1CC1. The van der Waals surface area contributed by atoms with Gasteiger partial charge in [-0.2, -0.15) is 8.78 Å². The molecule has 1 saturated heterocycles. The van der Waals surface area contributed by atoms with Crippen molar-refractivity contribution in [2.75, 3.05) is 18.0 Å². The van der Waals surface area contributed by atoms with E-state index >= 15 is 0 Å². The number of carbonyl (C=O) groups is 2. The van der Waals surface area contributed by atoms with E-state index in [1.165, 1.54) is 12.8 Å². The highest BCUT2D eigenvalue weighted by Crippen LogP contribution is 2.41. The molecule has 0 aromatic carbocycles. The second kappa shape index (κ2) is 16.2. The third-order valence-corrected chi connectivity index (χ3v) is 9.76. The van der Waals surface area contributed by atoms with Gasteiger partial charge in [-0.15, -0.1) is 0 Å². The number of amides is 1. The molecule has 0 radical (unpaired) electrons. The molecule has 3 aliphatic carbocycles. The molecule has 9 rings (SSSR count). The summed E-state index contributed by atoms with van der Waals surface area (Å²) in [5, 5.41) is 0. The zero-order chi connectivity index (χ0) is 36.2. The molecular weight excluding hydrogens is 858 g/mol. The number of aromatic amines is 1. The Morgan fingerprint density at radius 1 is 0.882 bits per heavy atom. The van der Waals surface area contributed by atoms with E-state index < -0.39 is 12.0 Å². The van der Waals surface area contributed by atoms with Crippen LogP contribution in [0.15, 0.2) is 62.4 Å². The Kier molecular flexibility index (Phi) is 11.8. The quantitative estimate of drug-likeness (QED) is 0.143. The van der Waals surface area contributed by atoms with E-state index in [1.807, 2.05) is 16.7 Å². The molecule has 0 spiro atoms. The van der Waals surface area contributed by atoms with E-state index in [0.717, 1.165) is 85.4 Å². The molecule has 12 nitrogen and oxygen atoms in total. The summed E-state index contributed by atoms with van der Waals surface area (Å²) in [7, 11) is 0. The second-order valence-corrected chi connectivity index (χ2v) is 15.6. The van der Waals surface area contributed by atoms with Gasteiger partial charge in [0, 0.05) is 68.6 Å². The van der Waals surface area contributed by atoms with Crippen LogP contribution in [-0.2, 0) is 16.3 Å². The molecule has 5 aromatic rings. The van der Waals surface area contributed by atoms with Crippen molar-refractivity contribution in [3.05, 3.63) is 74.0 Å². The van der Waals surface area contributed by atoms with E-state index in [-0.39, 0.29) is 12.3 Å². The van der Waals surface area contributed by atoms with Gasteiger partial charge in [-0.25, -0.2) is 24.9 Å². The minimum Gasteiger partial charge on any atom is -0.396 e. The van der Waals surface area contributed by atoms with Gasteiger partial charge in [0.05, 0.1) is 11.2 Å². The molecule has 268 valence electrons. The van der Waals surface area contributed by atoms with Gasteiger partial charge in [0.15, 0.2) is 11.3 Å². The first kappa shape index (κ1) is 36.9. The summed E-state index contributed by atoms with van der Waals surface area (Å²) < 4.78 is 29.5. The van der Waals surface area contributed by atoms with Crippen LogP contribution in [0.1, 0.15) is 68.4 Å². The first-order valence-corrected chi connectivity index (χ1v) is 18.8. The highest BCUT2D eigenvalue weighted by Gasteiger charge is 2.34. The highest BCUT2D eigenvalue weighted by molar-refractivity contribution is 9.11. The molecule has 1 unspecified atom stereocenters. The lowest BCUT2D eigenvalue weighted by Crippen LogP contribution is -2.28. The van der Waals surface area contributed by atoms with E-state index in [2.05, 4.69) is 77.7 Å². The monoisotopic (exact) mass is 890 g/mol. The summed E-state index contributed by atoms with van der Waals surface area (Å²) in [6.07, 6.45) is 12.4. The van der Waals surface area contributed by atoms with Crippen molar-refractivity contribution in [3.8, 4) is 0 Å². The Labute approximate surface area is 317 Å². The van der Waals surface area contributed by atoms with Crippen LogP contribution in [0.4, 0.5) is 20.3 Å². The smallest absolute Gasteiger partial charge is 0.266 e. The van der Waals surface area contributed by atoms with Gasteiger partial charge in [0.25, 0.3) is 6.08 Å². The number of fused-ring (bicyclic) bond motifs is 2. The van der Waals surface area contributed by atoms with Crippen LogP contribution in [-0.4, -0.2) is 58.1 Å². The minimum atomic E-state index is -1.73. The number of pyridine rings is 3. The normalized spacial score (nSPS) is 17.9. The number of nitrogens with zero attached hydrogens (tertiary/aromatic N) is 7. The lowest BCUT2D eigenvalue weighted by molar-refractivity contribution is -0.129. The maximum absolute atomic E-state index is 12.4. The minimum absolute atomic E-state index is 0.113. The van der Waals surface area contributed by atoms with Crippen LogP contribution in [0.25, 0.3) is 22.3 Å². The second-order valence-electron chi connectivity index (χ2n) is 12.9. The maximum Gasteiger partial charge on any atom is 0.266 e. The lowest BCUT2D eigenvalue weighted by atomic mass is 10.1. The predicted octanol–water partition coefficient (Wildman–Crippen LogP) is 7.86. The average Bonchev–Trinajstić information content (AvgIpc) is 4.00. The fraction of sp³-hybridized carbons (Fsp3) is 0.382. The average molecular weight is 893 g/mol. The van der Waals surface area contributed by atoms with Gasteiger partial charge in [-0.3, -0.25) is 9.36 Å². The van der Waals surface area contributed by atoms with Crippen LogP contribution < -0.4 is 11.5 Å². The van der Waals surface area contributed by atoms with E-state index in [1.54, 1.807) is 29.6 Å². The van der Waals surface area contributed by atoms with Crippen LogP contribution in [0, 0.1) is 11.8 Å². The fourth-order valence-electron chi connectivity index (χ4n) is 5.34. The molecule has 5 aromatic heterocycles. The van der Waals surface area contributed by atoms with Crippen molar-refractivity contribution < 1.29 is 18.4 Å². The van der Waals surface area contributed by atoms with Gasteiger partial charge in [0.1, 0.15) is 35.9 Å². The molecule has 1 aliphatic heterocycles. The Balaban J connectivity index is 0.000000137.